The van der Waals surface area contributed by atoms with E-state index in [2.05, 4.69) is 5.32 Å². The lowest BCUT2D eigenvalue weighted by atomic mass is 10.1. The Kier molecular flexibility index (Phi) is 5.68. The molecule has 2 N–H and O–H groups in total. The van der Waals surface area contributed by atoms with Gasteiger partial charge in [0.2, 0.25) is 5.91 Å². The van der Waals surface area contributed by atoms with Crippen molar-refractivity contribution < 1.29 is 23.7 Å². The van der Waals surface area contributed by atoms with Crippen molar-refractivity contribution in [3.8, 4) is 5.75 Å². The smallest absolute Gasteiger partial charge is 0.395 e. The Morgan fingerprint density at radius 3 is 2.38 bits per heavy atom. The molecule has 2 aromatic rings. The van der Waals surface area contributed by atoms with Crippen LogP contribution in [0.1, 0.15) is 5.56 Å². The van der Waals surface area contributed by atoms with Gasteiger partial charge in [-0.05, 0) is 17.7 Å². The molecule has 24 heavy (non-hydrogen) atoms. The van der Waals surface area contributed by atoms with Gasteiger partial charge >= 0.3 is 7.60 Å². The van der Waals surface area contributed by atoms with Crippen molar-refractivity contribution in [2.24, 2.45) is 0 Å². The predicted molar refractivity (Wildman–Crippen MR) is 86.7 cm³/mol. The lowest BCUT2D eigenvalue weighted by Crippen LogP contribution is -2.27. The number of hydrogen-bond acceptors (Lipinski definition) is 5. The highest BCUT2D eigenvalue weighted by Crippen LogP contribution is 2.41. The topological polar surface area (TPSA) is 119 Å². The second-order valence-corrected chi connectivity index (χ2v) is 6.67. The number of rotatable bonds is 7. The molecule has 1 unspecified atom stereocenters. The van der Waals surface area contributed by atoms with Gasteiger partial charge in [-0.15, -0.1) is 0 Å². The van der Waals surface area contributed by atoms with Crippen LogP contribution in [0.2, 0.25) is 0 Å². The van der Waals surface area contributed by atoms with E-state index in [-0.39, 0.29) is 17.9 Å². The van der Waals surface area contributed by atoms with Crippen molar-refractivity contribution >= 4 is 19.2 Å². The molecule has 0 aromatic heterocycles. The van der Waals surface area contributed by atoms with E-state index in [0.29, 0.717) is 0 Å². The van der Waals surface area contributed by atoms with Crippen LogP contribution in [0.25, 0.3) is 0 Å². The van der Waals surface area contributed by atoms with Crippen molar-refractivity contribution in [2.45, 2.75) is 6.42 Å². The number of amides is 1. The number of carbonyl (C=O) groups is 1. The zero-order valence-electron chi connectivity index (χ0n) is 12.5. The normalized spacial score (nSPS) is 12.9. The summed E-state index contributed by atoms with van der Waals surface area (Å²) < 4.78 is 16.9. The summed E-state index contributed by atoms with van der Waals surface area (Å²) in [7, 11) is -4.11. The van der Waals surface area contributed by atoms with Gasteiger partial charge < -0.3 is 14.7 Å². The molecule has 2 aromatic carbocycles. The van der Waals surface area contributed by atoms with Gasteiger partial charge in [0, 0.05) is 12.1 Å². The summed E-state index contributed by atoms with van der Waals surface area (Å²) in [6.45, 7) is 0. The fraction of sp³-hybridized carbons (Fsp3) is 0.133. The lowest BCUT2D eigenvalue weighted by molar-refractivity contribution is -0.384. The second-order valence-electron chi connectivity index (χ2n) is 4.90. The Morgan fingerprint density at radius 2 is 1.79 bits per heavy atom. The maximum Gasteiger partial charge on any atom is 0.395 e. The molecule has 8 nitrogen and oxygen atoms in total. The molecule has 0 saturated heterocycles. The van der Waals surface area contributed by atoms with Crippen LogP contribution >= 0.6 is 7.60 Å². The Balaban J connectivity index is 1.87. The van der Waals surface area contributed by atoms with Crippen LogP contribution in [-0.4, -0.2) is 22.0 Å². The third kappa shape index (κ3) is 5.49. The van der Waals surface area contributed by atoms with Gasteiger partial charge in [0.25, 0.3) is 5.69 Å². The molecular formula is C15H15N2O6P. The van der Waals surface area contributed by atoms with Gasteiger partial charge in [-0.3, -0.25) is 14.9 Å². The van der Waals surface area contributed by atoms with Crippen LogP contribution in [0.3, 0.4) is 0 Å². The minimum atomic E-state index is -4.11. The Hall–Kier alpha value is -2.70. The van der Waals surface area contributed by atoms with Crippen LogP contribution in [0.4, 0.5) is 5.69 Å². The quantitative estimate of drug-likeness (QED) is 0.450. The maximum atomic E-state index is 11.9. The number of hydrogen-bond donors (Lipinski definition) is 2. The van der Waals surface area contributed by atoms with Gasteiger partial charge in [-0.2, -0.15) is 0 Å². The van der Waals surface area contributed by atoms with Gasteiger partial charge in [-0.1, -0.05) is 30.3 Å². The molecule has 0 spiro atoms. The van der Waals surface area contributed by atoms with Gasteiger partial charge in [0.05, 0.1) is 11.3 Å². The first-order valence-electron chi connectivity index (χ1n) is 6.92. The summed E-state index contributed by atoms with van der Waals surface area (Å²) in [5, 5.41) is 12.9. The lowest BCUT2D eigenvalue weighted by Gasteiger charge is -2.14. The molecule has 0 radical (unpaired) electrons. The molecule has 0 bridgehead atoms. The maximum absolute atomic E-state index is 11.9. The molecule has 126 valence electrons. The number of benzene rings is 2. The van der Waals surface area contributed by atoms with Crippen LogP contribution in [0.5, 0.6) is 5.75 Å². The van der Waals surface area contributed by atoms with Crippen LogP contribution in [0.15, 0.2) is 54.6 Å². The number of nitro benzene ring substituents is 1. The van der Waals surface area contributed by atoms with E-state index in [1.807, 2.05) is 6.07 Å². The van der Waals surface area contributed by atoms with Crippen LogP contribution in [-0.2, 0) is 15.8 Å². The summed E-state index contributed by atoms with van der Waals surface area (Å²) in [5.74, 6) is -0.411. The number of nitrogens with one attached hydrogen (secondary N) is 1. The zero-order valence-corrected chi connectivity index (χ0v) is 13.4. The van der Waals surface area contributed by atoms with Crippen molar-refractivity contribution in [2.75, 3.05) is 6.29 Å². The van der Waals surface area contributed by atoms with E-state index >= 15 is 0 Å². The summed E-state index contributed by atoms with van der Waals surface area (Å²) in [4.78, 5) is 31.5. The highest BCUT2D eigenvalue weighted by Gasteiger charge is 2.22. The average molecular weight is 350 g/mol. The Morgan fingerprint density at radius 1 is 1.17 bits per heavy atom. The largest absolute Gasteiger partial charge is 0.423 e. The first-order valence-corrected chi connectivity index (χ1v) is 8.68. The first kappa shape index (κ1) is 17.7. The Bertz CT molecular complexity index is 763. The van der Waals surface area contributed by atoms with Crippen LogP contribution in [0, 0.1) is 10.1 Å². The SMILES string of the molecule is O=C(Cc1ccccc1)NCP(=O)(O)Oc1ccc([N+](=O)[O-])cc1. The van der Waals surface area contributed by atoms with E-state index in [4.69, 9.17) is 4.52 Å². The molecule has 1 atom stereocenters. The highest BCUT2D eigenvalue weighted by atomic mass is 31.2. The standard InChI is InChI=1S/C15H15N2O6P/c18-15(10-12-4-2-1-3-5-12)16-11-24(21,22)23-14-8-6-13(7-9-14)17(19)20/h1-9H,10-11H2,(H,16,18)(H,21,22). The molecule has 0 aliphatic rings. The zero-order chi connectivity index (χ0) is 17.6. The van der Waals surface area contributed by atoms with Gasteiger partial charge in [0.15, 0.2) is 0 Å². The highest BCUT2D eigenvalue weighted by molar-refractivity contribution is 7.53. The van der Waals surface area contributed by atoms with Crippen molar-refractivity contribution in [3.63, 3.8) is 0 Å². The molecule has 0 heterocycles. The molecule has 0 aliphatic heterocycles. The third-order valence-corrected chi connectivity index (χ3v) is 4.03. The molecule has 9 heteroatoms. The van der Waals surface area contributed by atoms with Crippen LogP contribution < -0.4 is 9.84 Å². The number of carbonyl (C=O) groups excluding carboxylic acids is 1. The summed E-state index contributed by atoms with van der Waals surface area (Å²) >= 11 is 0. The number of nitro groups is 1. The van der Waals surface area contributed by atoms with Gasteiger partial charge in [-0.25, -0.2) is 4.57 Å². The van der Waals surface area contributed by atoms with Gasteiger partial charge in [0.1, 0.15) is 12.0 Å². The minimum Gasteiger partial charge on any atom is -0.423 e. The van der Waals surface area contributed by atoms with E-state index in [1.54, 1.807) is 24.3 Å². The fourth-order valence-electron chi connectivity index (χ4n) is 1.86. The molecular weight excluding hydrogens is 335 g/mol. The molecule has 0 aliphatic carbocycles. The molecule has 0 saturated carbocycles. The average Bonchev–Trinajstić information content (AvgIpc) is 2.54. The number of non-ortho nitro benzene ring substituents is 1. The molecule has 0 fully saturated rings. The summed E-state index contributed by atoms with van der Waals surface area (Å²) in [6, 6.07) is 13.7. The first-order chi connectivity index (χ1) is 11.4. The summed E-state index contributed by atoms with van der Waals surface area (Å²) in [5.41, 5.74) is 0.616. The van der Waals surface area contributed by atoms with Crippen molar-refractivity contribution in [3.05, 3.63) is 70.3 Å². The predicted octanol–water partition coefficient (Wildman–Crippen LogP) is 2.48. The second kappa shape index (κ2) is 7.72. The van der Waals surface area contributed by atoms with Crippen molar-refractivity contribution in [1.29, 1.82) is 0 Å². The third-order valence-electron chi connectivity index (χ3n) is 2.98. The minimum absolute atomic E-state index is 0.00346. The van der Waals surface area contributed by atoms with E-state index in [9.17, 15) is 24.4 Å². The number of nitrogens with zero attached hydrogens (tertiary/aromatic N) is 1. The molecule has 2 rings (SSSR count). The monoisotopic (exact) mass is 350 g/mol. The van der Waals surface area contributed by atoms with E-state index < -0.39 is 24.7 Å². The van der Waals surface area contributed by atoms with E-state index in [0.717, 1.165) is 17.7 Å². The summed E-state index contributed by atoms with van der Waals surface area (Å²) in [6.07, 6.45) is -0.478. The fourth-order valence-corrected chi connectivity index (χ4v) is 2.75. The molecule has 1 amide bonds. The van der Waals surface area contributed by atoms with Crippen molar-refractivity contribution in [1.82, 2.24) is 5.32 Å². The Labute approximate surface area is 137 Å². The van der Waals surface area contributed by atoms with E-state index in [1.165, 1.54) is 12.1 Å².